The molecule has 9 aromatic rings. The number of para-hydroxylation sites is 2. The Bertz CT molecular complexity index is 2300. The van der Waals surface area contributed by atoms with Crippen LogP contribution in [0.3, 0.4) is 0 Å². The molecule has 2 aromatic heterocycles. The van der Waals surface area contributed by atoms with Crippen LogP contribution in [0.2, 0.25) is 0 Å². The standard InChI is InChI=1S/C37H28OP.C13H9N4.Cu/c1-5-17-29(18-6-1)37(30-19-7-2-8-20-30)33-25-13-14-26-34(33)38-35-27-15-16-28-36(35)39(31-21-9-3-10-22-31)32-23-11-4-12-24-32;1-2-6-10(7-3-1)12-15-13(17-16-12)11-8-4-5-9-14-11;/h1-28H;1-9H;/q2*-1;+2/p+1. The molecule has 57 heavy (non-hydrogen) atoms. The van der Waals surface area contributed by atoms with Gasteiger partial charge in [0.1, 0.15) is 23.8 Å². The largest absolute Gasteiger partial charge is 2.00 e. The molecule has 0 unspecified atom stereocenters. The second kappa shape index (κ2) is 19.4. The molecule has 0 aliphatic carbocycles. The summed E-state index contributed by atoms with van der Waals surface area (Å²) in [5, 5.41) is 12.0. The van der Waals surface area contributed by atoms with E-state index in [2.05, 4.69) is 190 Å². The van der Waals surface area contributed by atoms with Gasteiger partial charge < -0.3 is 14.8 Å². The summed E-state index contributed by atoms with van der Waals surface area (Å²) < 4.78 is 6.89. The van der Waals surface area contributed by atoms with Crippen molar-refractivity contribution < 1.29 is 21.8 Å². The van der Waals surface area contributed by atoms with Crippen LogP contribution in [0, 0.1) is 5.92 Å². The van der Waals surface area contributed by atoms with Gasteiger partial charge in [0.25, 0.3) is 0 Å². The number of rotatable bonds is 10. The Balaban J connectivity index is 0.000000230. The van der Waals surface area contributed by atoms with Crippen LogP contribution in [-0.2, 0) is 17.1 Å². The minimum Gasteiger partial charge on any atom is -0.478 e. The second-order valence-electron chi connectivity index (χ2n) is 12.8. The van der Waals surface area contributed by atoms with Gasteiger partial charge in [-0.2, -0.15) is 0 Å². The Hall–Kier alpha value is -6.55. The molecule has 0 bridgehead atoms. The third-order valence-electron chi connectivity index (χ3n) is 9.16. The molecule has 279 valence electrons. The summed E-state index contributed by atoms with van der Waals surface area (Å²) in [6, 6.07) is 75.1. The summed E-state index contributed by atoms with van der Waals surface area (Å²) in [6.45, 7) is 0. The Labute approximate surface area is 345 Å². The summed E-state index contributed by atoms with van der Waals surface area (Å²) in [5.74, 6) is 4.08. The number of hydrogen-bond donors (Lipinski definition) is 0. The molecular formula is C50H38CuN4OP+. The topological polar surface area (TPSA) is 62.0 Å². The van der Waals surface area contributed by atoms with Crippen molar-refractivity contribution in [3.05, 3.63) is 247 Å². The SMILES string of the molecule is [Cu+2].c1ccc(-c2n[n-]c(-c3ccccn3)n2)cc1.c1ccc([C-](c2ccccc2)c2ccccc2Oc2ccccc2[PH+](c2ccccc2)c2ccccc2)cc1. The Kier molecular flexibility index (Phi) is 13.1. The fourth-order valence-electron chi connectivity index (χ4n) is 6.57. The van der Waals surface area contributed by atoms with Crippen molar-refractivity contribution >= 4 is 23.8 Å². The van der Waals surface area contributed by atoms with Crippen LogP contribution < -0.4 is 25.7 Å². The molecular weight excluding hydrogens is 767 g/mol. The fourth-order valence-corrected chi connectivity index (χ4v) is 9.22. The van der Waals surface area contributed by atoms with Crippen molar-refractivity contribution in [2.45, 2.75) is 0 Å². The summed E-state index contributed by atoms with van der Waals surface area (Å²) in [6.07, 6.45) is 1.72. The molecule has 0 saturated heterocycles. The van der Waals surface area contributed by atoms with Gasteiger partial charge in [-0.1, -0.05) is 181 Å². The first-order valence-corrected chi connectivity index (χ1v) is 20.0. The van der Waals surface area contributed by atoms with Gasteiger partial charge in [-0.15, -0.1) is 0 Å². The van der Waals surface area contributed by atoms with Crippen molar-refractivity contribution in [1.82, 2.24) is 20.2 Å². The van der Waals surface area contributed by atoms with Crippen LogP contribution in [0.25, 0.3) is 22.9 Å². The summed E-state index contributed by atoms with van der Waals surface area (Å²) in [7, 11) is -1.29. The molecule has 0 atom stereocenters. The zero-order valence-corrected chi connectivity index (χ0v) is 32.8. The van der Waals surface area contributed by atoms with Crippen LogP contribution in [-0.4, -0.2) is 15.1 Å². The first kappa shape index (κ1) is 38.7. The van der Waals surface area contributed by atoms with Crippen molar-refractivity contribution in [3.8, 4) is 34.4 Å². The van der Waals surface area contributed by atoms with E-state index in [0.717, 1.165) is 45.4 Å². The molecule has 0 aliphatic rings. The molecule has 0 fully saturated rings. The Morgan fingerprint density at radius 1 is 0.474 bits per heavy atom. The molecule has 0 saturated carbocycles. The predicted molar refractivity (Wildman–Crippen MR) is 231 cm³/mol. The molecule has 0 aliphatic heterocycles. The van der Waals surface area contributed by atoms with Crippen molar-refractivity contribution in [2.24, 2.45) is 0 Å². The molecule has 0 spiro atoms. The van der Waals surface area contributed by atoms with Gasteiger partial charge in [-0.05, 0) is 71.5 Å². The van der Waals surface area contributed by atoms with Crippen molar-refractivity contribution in [1.29, 1.82) is 0 Å². The van der Waals surface area contributed by atoms with E-state index >= 15 is 0 Å². The van der Waals surface area contributed by atoms with Crippen molar-refractivity contribution in [2.75, 3.05) is 0 Å². The van der Waals surface area contributed by atoms with Gasteiger partial charge in [0, 0.05) is 6.20 Å². The van der Waals surface area contributed by atoms with E-state index in [1.165, 1.54) is 15.9 Å². The summed E-state index contributed by atoms with van der Waals surface area (Å²) in [4.78, 5) is 8.56. The minimum atomic E-state index is -1.29. The summed E-state index contributed by atoms with van der Waals surface area (Å²) in [5.41, 5.74) is 5.08. The van der Waals surface area contributed by atoms with E-state index in [1.807, 2.05) is 48.5 Å². The number of ether oxygens (including phenoxy) is 1. The minimum absolute atomic E-state index is 0. The Morgan fingerprint density at radius 3 is 1.54 bits per heavy atom. The van der Waals surface area contributed by atoms with Crippen LogP contribution in [0.4, 0.5) is 0 Å². The second-order valence-corrected chi connectivity index (χ2v) is 15.3. The van der Waals surface area contributed by atoms with E-state index < -0.39 is 7.92 Å². The van der Waals surface area contributed by atoms with Gasteiger partial charge in [0.05, 0.1) is 17.3 Å². The third-order valence-corrected chi connectivity index (χ3v) is 11.9. The number of aromatic nitrogens is 4. The zero-order chi connectivity index (χ0) is 37.8. The van der Waals surface area contributed by atoms with E-state index in [-0.39, 0.29) is 17.1 Å². The average molecular weight is 805 g/mol. The smallest absolute Gasteiger partial charge is 0.478 e. The van der Waals surface area contributed by atoms with Gasteiger partial charge in [-0.3, -0.25) is 10.1 Å². The van der Waals surface area contributed by atoms with Crippen LogP contribution >= 0.6 is 7.92 Å². The molecule has 7 aromatic carbocycles. The first-order valence-electron chi connectivity index (χ1n) is 18.5. The predicted octanol–water partition coefficient (Wildman–Crippen LogP) is 10.1. The monoisotopic (exact) mass is 804 g/mol. The zero-order valence-electron chi connectivity index (χ0n) is 30.9. The van der Waals surface area contributed by atoms with Gasteiger partial charge in [-0.25, -0.2) is 0 Å². The quantitative estimate of drug-likeness (QED) is 0.0596. The van der Waals surface area contributed by atoms with Gasteiger partial charge >= 0.3 is 17.1 Å². The number of benzene rings is 7. The maximum absolute atomic E-state index is 6.89. The molecule has 0 N–H and O–H groups in total. The molecule has 0 amide bonds. The number of hydrogen-bond acceptors (Lipinski definition) is 4. The molecule has 2 heterocycles. The Morgan fingerprint density at radius 2 is 0.965 bits per heavy atom. The first-order chi connectivity index (χ1) is 27.8. The van der Waals surface area contributed by atoms with E-state index in [9.17, 15) is 0 Å². The summed E-state index contributed by atoms with van der Waals surface area (Å²) >= 11 is 0. The van der Waals surface area contributed by atoms with Crippen LogP contribution in [0.5, 0.6) is 11.5 Å². The van der Waals surface area contributed by atoms with E-state index in [4.69, 9.17) is 4.74 Å². The van der Waals surface area contributed by atoms with E-state index in [1.54, 1.807) is 6.20 Å². The number of nitrogens with zero attached hydrogens (tertiary/aromatic N) is 4. The molecule has 9 rings (SSSR count). The molecule has 1 radical (unpaired) electrons. The van der Waals surface area contributed by atoms with Crippen molar-refractivity contribution in [3.63, 3.8) is 0 Å². The molecule has 5 nitrogen and oxygen atoms in total. The number of pyridine rings is 1. The third kappa shape index (κ3) is 9.47. The average Bonchev–Trinajstić information content (AvgIpc) is 3.78. The molecule has 7 heteroatoms. The maximum Gasteiger partial charge on any atom is 2.00 e. The van der Waals surface area contributed by atoms with Gasteiger partial charge in [0.15, 0.2) is 5.75 Å². The maximum atomic E-state index is 6.89. The van der Waals surface area contributed by atoms with Gasteiger partial charge in [0.2, 0.25) is 0 Å². The fraction of sp³-hybridized carbons (Fsp3) is 0. The van der Waals surface area contributed by atoms with E-state index in [0.29, 0.717) is 11.6 Å². The normalized spacial score (nSPS) is 10.5. The van der Waals surface area contributed by atoms with Crippen LogP contribution in [0.15, 0.2) is 225 Å². The van der Waals surface area contributed by atoms with Crippen LogP contribution in [0.1, 0.15) is 16.7 Å².